The monoisotopic (exact) mass is 827 g/mol. The molecule has 0 saturated heterocycles. The lowest BCUT2D eigenvalue weighted by atomic mass is 9.33. The third-order valence-electron chi connectivity index (χ3n) is 12.8. The largest absolute Gasteiger partial charge is 0.311 e. The molecule has 9 aromatic carbocycles. The lowest BCUT2D eigenvalue weighted by Gasteiger charge is -2.44. The van der Waals surface area contributed by atoms with Gasteiger partial charge in [0.25, 0.3) is 6.71 Å². The zero-order chi connectivity index (χ0) is 43.3. The molecule has 0 amide bonds. The van der Waals surface area contributed by atoms with Crippen molar-refractivity contribution in [2.24, 2.45) is 0 Å². The molecule has 0 bridgehead atoms. The first-order valence-electron chi connectivity index (χ1n) is 21.9. The molecule has 0 N–H and O–H groups in total. The molecule has 5 nitrogen and oxygen atoms in total. The van der Waals surface area contributed by atoms with E-state index < -0.39 is 0 Å². The maximum absolute atomic E-state index is 9.66. The van der Waals surface area contributed by atoms with Crippen molar-refractivity contribution in [1.82, 2.24) is 9.97 Å². The Morgan fingerprint density at radius 2 is 0.692 bits per heavy atom. The lowest BCUT2D eigenvalue weighted by Crippen LogP contribution is -2.61. The predicted octanol–water partition coefficient (Wildman–Crippen LogP) is 12.8. The van der Waals surface area contributed by atoms with Gasteiger partial charge < -0.3 is 9.80 Å². The molecule has 6 heteroatoms. The van der Waals surface area contributed by atoms with Crippen molar-refractivity contribution in [3.63, 3.8) is 0 Å². The van der Waals surface area contributed by atoms with Crippen molar-refractivity contribution in [3.8, 4) is 61.7 Å². The standard InChI is InChI=1S/C59H38BN5/c61-37-58-62-38-49(39-63-58)48-35-56-59-57(36-48)65(51-29-23-45(24-30-51)41-15-7-2-8-16-41)55-32-26-47(43-19-11-4-12-20-43)34-53(55)60(59)52-33-46(42-17-9-3-10-18-42)25-31-54(52)64(56)50-27-21-44(22-28-50)40-13-5-1-6-14-40/h1-36,38-39H. The van der Waals surface area contributed by atoms with E-state index in [1.165, 1.54) is 49.8 Å². The van der Waals surface area contributed by atoms with Crippen LogP contribution in [0.1, 0.15) is 5.82 Å². The molecular weight excluding hydrogens is 789 g/mol. The molecule has 0 saturated carbocycles. The van der Waals surface area contributed by atoms with Crippen molar-refractivity contribution in [2.75, 3.05) is 9.80 Å². The number of benzene rings is 9. The van der Waals surface area contributed by atoms with Crippen molar-refractivity contribution >= 4 is 57.2 Å². The zero-order valence-electron chi connectivity index (χ0n) is 35.3. The van der Waals surface area contributed by atoms with E-state index in [2.05, 4.69) is 244 Å². The summed E-state index contributed by atoms with van der Waals surface area (Å²) in [4.78, 5) is 13.8. The van der Waals surface area contributed by atoms with Gasteiger partial charge in [-0.3, -0.25) is 0 Å². The highest BCUT2D eigenvalue weighted by Crippen LogP contribution is 2.47. The summed E-state index contributed by atoms with van der Waals surface area (Å²) < 4.78 is 0. The molecule has 1 aromatic heterocycles. The molecule has 12 rings (SSSR count). The number of nitrogens with zero attached hydrogens (tertiary/aromatic N) is 5. The maximum Gasteiger partial charge on any atom is 0.252 e. The Kier molecular flexibility index (Phi) is 9.25. The average molecular weight is 828 g/mol. The first-order chi connectivity index (χ1) is 32.2. The van der Waals surface area contributed by atoms with E-state index in [1.807, 2.05) is 0 Å². The fourth-order valence-corrected chi connectivity index (χ4v) is 9.75. The average Bonchev–Trinajstić information content (AvgIpc) is 3.39. The smallest absolute Gasteiger partial charge is 0.252 e. The minimum absolute atomic E-state index is 0.122. The predicted molar refractivity (Wildman–Crippen MR) is 268 cm³/mol. The summed E-state index contributed by atoms with van der Waals surface area (Å²) in [5.41, 5.74) is 21.2. The van der Waals surface area contributed by atoms with E-state index in [9.17, 15) is 5.26 Å². The molecule has 0 fully saturated rings. The van der Waals surface area contributed by atoms with Crippen LogP contribution in [-0.2, 0) is 0 Å². The Labute approximate surface area is 378 Å². The summed E-state index contributed by atoms with van der Waals surface area (Å²) in [5, 5.41) is 9.66. The molecule has 0 aliphatic carbocycles. The number of aromatic nitrogens is 2. The Hall–Kier alpha value is -8.79. The fraction of sp³-hybridized carbons (Fsp3) is 0. The second-order valence-corrected chi connectivity index (χ2v) is 16.5. The molecule has 0 unspecified atom stereocenters. The second kappa shape index (κ2) is 15.8. The van der Waals surface area contributed by atoms with Gasteiger partial charge in [-0.15, -0.1) is 0 Å². The zero-order valence-corrected chi connectivity index (χ0v) is 35.3. The second-order valence-electron chi connectivity index (χ2n) is 16.5. The highest BCUT2D eigenvalue weighted by Gasteiger charge is 2.44. The van der Waals surface area contributed by atoms with Gasteiger partial charge in [0.1, 0.15) is 6.07 Å². The van der Waals surface area contributed by atoms with Gasteiger partial charge in [0, 0.05) is 52.1 Å². The van der Waals surface area contributed by atoms with Crippen LogP contribution in [-0.4, -0.2) is 16.7 Å². The Balaban J connectivity index is 1.15. The number of rotatable bonds is 7. The molecule has 65 heavy (non-hydrogen) atoms. The summed E-state index contributed by atoms with van der Waals surface area (Å²) in [5.74, 6) is 0.139. The van der Waals surface area contributed by atoms with Gasteiger partial charge in [-0.05, 0) is 115 Å². The first kappa shape index (κ1) is 37.9. The van der Waals surface area contributed by atoms with Crippen molar-refractivity contribution in [1.29, 1.82) is 5.26 Å². The Bertz CT molecular complexity index is 3210. The van der Waals surface area contributed by atoms with Crippen LogP contribution in [0, 0.1) is 11.3 Å². The summed E-state index contributed by atoms with van der Waals surface area (Å²) in [6.07, 6.45) is 3.53. The van der Waals surface area contributed by atoms with Crippen LogP contribution in [0.15, 0.2) is 231 Å². The van der Waals surface area contributed by atoms with Crippen molar-refractivity contribution in [2.45, 2.75) is 0 Å². The van der Waals surface area contributed by atoms with Gasteiger partial charge in [0.2, 0.25) is 5.82 Å². The molecule has 2 aliphatic heterocycles. The molecule has 2 aliphatic rings. The van der Waals surface area contributed by atoms with E-state index in [0.29, 0.717) is 0 Å². The fourth-order valence-electron chi connectivity index (χ4n) is 9.75. The quantitative estimate of drug-likeness (QED) is 0.150. The van der Waals surface area contributed by atoms with Crippen LogP contribution >= 0.6 is 0 Å². The minimum Gasteiger partial charge on any atom is -0.311 e. The first-order valence-corrected chi connectivity index (χ1v) is 21.9. The molecule has 0 spiro atoms. The van der Waals surface area contributed by atoms with Gasteiger partial charge in [0.15, 0.2) is 0 Å². The minimum atomic E-state index is -0.122. The normalized spacial score (nSPS) is 12.2. The van der Waals surface area contributed by atoms with Crippen LogP contribution in [0.3, 0.4) is 0 Å². The van der Waals surface area contributed by atoms with Crippen molar-refractivity contribution < 1.29 is 0 Å². The Morgan fingerprint density at radius 1 is 0.338 bits per heavy atom. The topological polar surface area (TPSA) is 56.1 Å². The van der Waals surface area contributed by atoms with Gasteiger partial charge in [0.05, 0.1) is 0 Å². The number of anilines is 6. The molecular formula is C59H38BN5. The number of nitriles is 1. The summed E-state index contributed by atoms with van der Waals surface area (Å²) >= 11 is 0. The molecule has 0 radical (unpaired) electrons. The Morgan fingerprint density at radius 3 is 1.08 bits per heavy atom. The SMILES string of the molecule is N#Cc1ncc(-c2cc3c4c(c2)N(c2ccc(-c5ccccc5)cc2)c2ccc(-c5ccccc5)cc2B4c2cc(-c4ccccc4)ccc2N3c2ccc(-c3ccccc3)cc2)cn1. The third-order valence-corrected chi connectivity index (χ3v) is 12.8. The molecule has 0 atom stereocenters. The summed E-state index contributed by atoms with van der Waals surface area (Å²) in [6.45, 7) is -0.122. The maximum atomic E-state index is 9.66. The highest BCUT2D eigenvalue weighted by atomic mass is 15.2. The number of hydrogen-bond acceptors (Lipinski definition) is 5. The van der Waals surface area contributed by atoms with E-state index in [0.717, 1.165) is 56.4 Å². The van der Waals surface area contributed by atoms with Crippen LogP contribution < -0.4 is 26.2 Å². The molecule has 10 aromatic rings. The van der Waals surface area contributed by atoms with Gasteiger partial charge in [-0.25, -0.2) is 9.97 Å². The van der Waals surface area contributed by atoms with E-state index >= 15 is 0 Å². The van der Waals surface area contributed by atoms with Crippen LogP contribution in [0.4, 0.5) is 34.1 Å². The summed E-state index contributed by atoms with van der Waals surface area (Å²) in [6, 6.07) is 80.9. The third kappa shape index (κ3) is 6.66. The number of fused-ring (bicyclic) bond motifs is 4. The molecule has 3 heterocycles. The lowest BCUT2D eigenvalue weighted by molar-refractivity contribution is 1.11. The van der Waals surface area contributed by atoms with E-state index in [-0.39, 0.29) is 12.5 Å². The summed E-state index contributed by atoms with van der Waals surface area (Å²) in [7, 11) is 0. The number of hydrogen-bond donors (Lipinski definition) is 0. The van der Waals surface area contributed by atoms with Crippen LogP contribution in [0.2, 0.25) is 0 Å². The van der Waals surface area contributed by atoms with E-state index in [1.54, 1.807) is 12.4 Å². The van der Waals surface area contributed by atoms with Gasteiger partial charge in [-0.1, -0.05) is 170 Å². The van der Waals surface area contributed by atoms with Gasteiger partial charge >= 0.3 is 0 Å². The van der Waals surface area contributed by atoms with Gasteiger partial charge in [-0.2, -0.15) is 5.26 Å². The van der Waals surface area contributed by atoms with Crippen LogP contribution in [0.25, 0.3) is 55.6 Å². The molecule has 302 valence electrons. The highest BCUT2D eigenvalue weighted by molar-refractivity contribution is 7.00. The van der Waals surface area contributed by atoms with E-state index in [4.69, 9.17) is 0 Å². The van der Waals surface area contributed by atoms with Crippen molar-refractivity contribution in [3.05, 3.63) is 237 Å². The van der Waals surface area contributed by atoms with Crippen LogP contribution in [0.5, 0.6) is 0 Å².